The van der Waals surface area contributed by atoms with Gasteiger partial charge in [0.25, 0.3) is 0 Å². The summed E-state index contributed by atoms with van der Waals surface area (Å²) in [5.41, 5.74) is 4.27. The van der Waals surface area contributed by atoms with Gasteiger partial charge in [-0.25, -0.2) is 0 Å². The molecule has 1 saturated carbocycles. The smallest absolute Gasteiger partial charge is 0.242 e. The van der Waals surface area contributed by atoms with E-state index in [-0.39, 0.29) is 24.3 Å². The van der Waals surface area contributed by atoms with Gasteiger partial charge in [-0.15, -0.1) is 0 Å². The van der Waals surface area contributed by atoms with Gasteiger partial charge in [-0.2, -0.15) is 0 Å². The van der Waals surface area contributed by atoms with Crippen molar-refractivity contribution in [2.45, 2.75) is 71.5 Å². The van der Waals surface area contributed by atoms with Crippen LogP contribution in [0.15, 0.2) is 42.5 Å². The molecular weight excluding hydrogens is 388 g/mol. The van der Waals surface area contributed by atoms with Gasteiger partial charge in [0.05, 0.1) is 13.5 Å². The molecule has 2 aromatic carbocycles. The Morgan fingerprint density at radius 2 is 1.81 bits per heavy atom. The second-order valence-electron chi connectivity index (χ2n) is 8.63. The summed E-state index contributed by atoms with van der Waals surface area (Å²) < 4.78 is 5.33. The van der Waals surface area contributed by atoms with Crippen molar-refractivity contribution < 1.29 is 14.3 Å². The van der Waals surface area contributed by atoms with Gasteiger partial charge in [0.15, 0.2) is 0 Å². The minimum atomic E-state index is -0.550. The second-order valence-corrected chi connectivity index (χ2v) is 8.63. The molecule has 1 aliphatic rings. The lowest BCUT2D eigenvalue weighted by Crippen LogP contribution is -2.50. The summed E-state index contributed by atoms with van der Waals surface area (Å²) in [4.78, 5) is 28.0. The lowest BCUT2D eigenvalue weighted by Gasteiger charge is -2.30. The van der Waals surface area contributed by atoms with Crippen LogP contribution in [0.25, 0.3) is 0 Å². The number of benzene rings is 2. The number of methoxy groups -OCH3 is 1. The predicted molar refractivity (Wildman–Crippen MR) is 123 cm³/mol. The molecule has 2 aromatic rings. The predicted octanol–water partition coefficient (Wildman–Crippen LogP) is 4.33. The van der Waals surface area contributed by atoms with Gasteiger partial charge in [-0.05, 0) is 68.0 Å². The van der Waals surface area contributed by atoms with Gasteiger partial charge in [-0.1, -0.05) is 43.2 Å². The summed E-state index contributed by atoms with van der Waals surface area (Å²) in [6.45, 7) is 6.29. The number of carbonyl (C=O) groups is 2. The summed E-state index contributed by atoms with van der Waals surface area (Å²) in [6, 6.07) is 13.4. The van der Waals surface area contributed by atoms with Crippen molar-refractivity contribution in [3.05, 3.63) is 64.7 Å². The number of nitrogens with zero attached hydrogens (tertiary/aromatic N) is 1. The largest absolute Gasteiger partial charge is 0.497 e. The molecule has 0 radical (unpaired) electrons. The maximum absolute atomic E-state index is 13.4. The third kappa shape index (κ3) is 6.09. The Morgan fingerprint density at radius 3 is 2.48 bits per heavy atom. The van der Waals surface area contributed by atoms with E-state index in [4.69, 9.17) is 4.74 Å². The molecule has 1 N–H and O–H groups in total. The van der Waals surface area contributed by atoms with E-state index in [1.54, 1.807) is 12.0 Å². The minimum Gasteiger partial charge on any atom is -0.497 e. The highest BCUT2D eigenvalue weighted by Gasteiger charge is 2.28. The molecule has 1 fully saturated rings. The van der Waals surface area contributed by atoms with Crippen LogP contribution in [0.3, 0.4) is 0 Å². The standard InChI is InChI=1S/C26H34N2O3/c1-18-12-13-21(14-19(18)2)16-25(29)28(17-22-8-7-11-24(15-22)31-4)20(3)26(30)27-23-9-5-6-10-23/h7-8,11-15,20,23H,5-6,9-10,16-17H2,1-4H3,(H,27,30)/t20-/m1/s1. The average molecular weight is 423 g/mol. The number of nitrogens with one attached hydrogen (secondary N) is 1. The van der Waals surface area contributed by atoms with Crippen LogP contribution in [0.5, 0.6) is 5.75 Å². The molecule has 0 unspecified atom stereocenters. The third-order valence-electron chi connectivity index (χ3n) is 6.28. The molecule has 31 heavy (non-hydrogen) atoms. The molecule has 5 heteroatoms. The first-order chi connectivity index (χ1) is 14.9. The summed E-state index contributed by atoms with van der Waals surface area (Å²) in [6.07, 6.45) is 4.61. The Kier molecular flexibility index (Phi) is 7.72. The molecule has 0 aromatic heterocycles. The fourth-order valence-electron chi connectivity index (χ4n) is 4.13. The highest BCUT2D eigenvalue weighted by molar-refractivity contribution is 5.88. The molecule has 1 aliphatic carbocycles. The van der Waals surface area contributed by atoms with Crippen molar-refractivity contribution in [1.82, 2.24) is 10.2 Å². The molecule has 5 nitrogen and oxygen atoms in total. The second kappa shape index (κ2) is 10.5. The first-order valence-electron chi connectivity index (χ1n) is 11.2. The quantitative estimate of drug-likeness (QED) is 0.689. The number of hydrogen-bond donors (Lipinski definition) is 1. The van der Waals surface area contributed by atoms with Crippen LogP contribution in [0, 0.1) is 13.8 Å². The Hall–Kier alpha value is -2.82. The molecule has 166 valence electrons. The third-order valence-corrected chi connectivity index (χ3v) is 6.28. The van der Waals surface area contributed by atoms with Crippen molar-refractivity contribution in [2.75, 3.05) is 7.11 Å². The van der Waals surface area contributed by atoms with E-state index in [0.29, 0.717) is 6.54 Å². The van der Waals surface area contributed by atoms with Crippen LogP contribution >= 0.6 is 0 Å². The molecule has 3 rings (SSSR count). The van der Waals surface area contributed by atoms with Gasteiger partial charge in [0.1, 0.15) is 11.8 Å². The zero-order valence-corrected chi connectivity index (χ0v) is 19.1. The fraction of sp³-hybridized carbons (Fsp3) is 0.462. The number of ether oxygens (including phenoxy) is 1. The lowest BCUT2D eigenvalue weighted by atomic mass is 10.0. The van der Waals surface area contributed by atoms with Crippen LogP contribution in [-0.4, -0.2) is 35.9 Å². The van der Waals surface area contributed by atoms with Crippen molar-refractivity contribution in [1.29, 1.82) is 0 Å². The van der Waals surface area contributed by atoms with E-state index in [1.165, 1.54) is 5.56 Å². The Labute approximate surface area is 185 Å². The molecular formula is C26H34N2O3. The first-order valence-corrected chi connectivity index (χ1v) is 11.2. The number of aryl methyl sites for hydroxylation is 2. The normalized spacial score (nSPS) is 14.8. The Balaban J connectivity index is 1.79. The molecule has 1 atom stereocenters. The van der Waals surface area contributed by atoms with Gasteiger partial charge >= 0.3 is 0 Å². The van der Waals surface area contributed by atoms with Crippen LogP contribution in [-0.2, 0) is 22.6 Å². The van der Waals surface area contributed by atoms with E-state index in [0.717, 1.165) is 48.1 Å². The molecule has 0 spiro atoms. The van der Waals surface area contributed by atoms with Gasteiger partial charge < -0.3 is 15.0 Å². The highest BCUT2D eigenvalue weighted by Crippen LogP contribution is 2.20. The maximum Gasteiger partial charge on any atom is 0.242 e. The van der Waals surface area contributed by atoms with E-state index in [1.807, 2.05) is 43.3 Å². The van der Waals surface area contributed by atoms with Crippen molar-refractivity contribution in [3.63, 3.8) is 0 Å². The number of amides is 2. The Bertz CT molecular complexity index is 919. The van der Waals surface area contributed by atoms with Gasteiger partial charge in [0.2, 0.25) is 11.8 Å². The van der Waals surface area contributed by atoms with Crippen LogP contribution in [0.4, 0.5) is 0 Å². The maximum atomic E-state index is 13.4. The number of carbonyl (C=O) groups excluding carboxylic acids is 2. The van der Waals surface area contributed by atoms with E-state index >= 15 is 0 Å². The summed E-state index contributed by atoms with van der Waals surface area (Å²) >= 11 is 0. The number of hydrogen-bond acceptors (Lipinski definition) is 3. The molecule has 0 heterocycles. The number of rotatable bonds is 8. The van der Waals surface area contributed by atoms with E-state index in [2.05, 4.69) is 25.2 Å². The molecule has 2 amide bonds. The topological polar surface area (TPSA) is 58.6 Å². The van der Waals surface area contributed by atoms with Gasteiger partial charge in [-0.3, -0.25) is 9.59 Å². The lowest BCUT2D eigenvalue weighted by molar-refractivity contribution is -0.140. The summed E-state index contributed by atoms with van der Waals surface area (Å²) in [5.74, 6) is 0.602. The zero-order chi connectivity index (χ0) is 22.4. The molecule has 0 bridgehead atoms. The van der Waals surface area contributed by atoms with Crippen molar-refractivity contribution in [2.24, 2.45) is 0 Å². The van der Waals surface area contributed by atoms with Crippen molar-refractivity contribution in [3.8, 4) is 5.75 Å². The van der Waals surface area contributed by atoms with Crippen molar-refractivity contribution >= 4 is 11.8 Å². The average Bonchev–Trinajstić information content (AvgIpc) is 3.27. The minimum absolute atomic E-state index is 0.0554. The van der Waals surface area contributed by atoms with Crippen LogP contribution in [0.2, 0.25) is 0 Å². The Morgan fingerprint density at radius 1 is 1.06 bits per heavy atom. The highest BCUT2D eigenvalue weighted by atomic mass is 16.5. The molecule has 0 saturated heterocycles. The fourth-order valence-corrected chi connectivity index (χ4v) is 4.13. The first kappa shape index (κ1) is 22.9. The monoisotopic (exact) mass is 422 g/mol. The summed E-state index contributed by atoms with van der Waals surface area (Å²) in [5, 5.41) is 3.15. The van der Waals surface area contributed by atoms with E-state index in [9.17, 15) is 9.59 Å². The van der Waals surface area contributed by atoms with E-state index < -0.39 is 6.04 Å². The van der Waals surface area contributed by atoms with Crippen LogP contribution < -0.4 is 10.1 Å². The SMILES string of the molecule is COc1cccc(CN(C(=O)Cc2ccc(C)c(C)c2)[C@H](C)C(=O)NC2CCCC2)c1. The molecule has 0 aliphatic heterocycles. The van der Waals surface area contributed by atoms with Gasteiger partial charge in [0, 0.05) is 12.6 Å². The summed E-state index contributed by atoms with van der Waals surface area (Å²) in [7, 11) is 1.62. The van der Waals surface area contributed by atoms with Crippen LogP contribution in [0.1, 0.15) is 54.9 Å². The zero-order valence-electron chi connectivity index (χ0n) is 19.1.